The number of hydrogen-bond acceptors (Lipinski definition) is 4. The maximum absolute atomic E-state index is 11.1. The predicted octanol–water partition coefficient (Wildman–Crippen LogP) is 0.383. The van der Waals surface area contributed by atoms with E-state index in [1.165, 1.54) is 12.4 Å². The van der Waals surface area contributed by atoms with Gasteiger partial charge in [-0.15, -0.1) is 0 Å². The monoisotopic (exact) mass is 209 g/mol. The van der Waals surface area contributed by atoms with Gasteiger partial charge in [-0.25, -0.2) is 4.98 Å². The van der Waals surface area contributed by atoms with Gasteiger partial charge in [0.15, 0.2) is 0 Å². The maximum Gasteiger partial charge on any atom is 0.252 e. The van der Waals surface area contributed by atoms with Gasteiger partial charge in [0.1, 0.15) is 5.82 Å². The minimum atomic E-state index is -0.119. The first-order valence-corrected chi connectivity index (χ1v) is 5.10. The molecule has 2 rings (SSSR count). The summed E-state index contributed by atoms with van der Waals surface area (Å²) >= 11 is 0. The van der Waals surface area contributed by atoms with Gasteiger partial charge < -0.3 is 14.6 Å². The van der Waals surface area contributed by atoms with Crippen LogP contribution in [-0.2, 0) is 4.74 Å². The Morgan fingerprint density at radius 1 is 1.47 bits per heavy atom. The van der Waals surface area contributed by atoms with Crippen molar-refractivity contribution in [2.45, 2.75) is 26.1 Å². The minimum absolute atomic E-state index is 0.119. The van der Waals surface area contributed by atoms with Crippen molar-refractivity contribution in [1.29, 1.82) is 0 Å². The molecule has 1 aliphatic rings. The molecule has 1 saturated heterocycles. The molecule has 0 aromatic carbocycles. The predicted molar refractivity (Wildman–Crippen MR) is 57.1 cm³/mol. The zero-order valence-electron chi connectivity index (χ0n) is 8.93. The molecular formula is C10H15N3O2. The SMILES string of the molecule is C[C@@H]1CN(c2cc(=O)[nH]cn2)C[C@H](C)O1. The third kappa shape index (κ3) is 2.36. The van der Waals surface area contributed by atoms with Gasteiger partial charge in [0.05, 0.1) is 18.5 Å². The van der Waals surface area contributed by atoms with Crippen molar-refractivity contribution in [1.82, 2.24) is 9.97 Å². The Kier molecular flexibility index (Phi) is 2.73. The molecule has 0 saturated carbocycles. The van der Waals surface area contributed by atoms with Crippen LogP contribution in [0.4, 0.5) is 5.82 Å². The van der Waals surface area contributed by atoms with Crippen LogP contribution in [0.2, 0.25) is 0 Å². The first kappa shape index (κ1) is 10.2. The molecule has 0 bridgehead atoms. The normalized spacial score (nSPS) is 26.7. The van der Waals surface area contributed by atoms with E-state index in [2.05, 4.69) is 14.9 Å². The molecule has 1 aromatic heterocycles. The number of H-pyrrole nitrogens is 1. The van der Waals surface area contributed by atoms with Crippen LogP contribution in [0.1, 0.15) is 13.8 Å². The number of nitrogens with one attached hydrogen (secondary N) is 1. The zero-order valence-corrected chi connectivity index (χ0v) is 8.93. The molecule has 0 unspecified atom stereocenters. The highest BCUT2D eigenvalue weighted by molar-refractivity contribution is 5.37. The average molecular weight is 209 g/mol. The molecule has 1 fully saturated rings. The standard InChI is InChI=1S/C10H15N3O2/c1-7-4-13(5-8(2)15-7)9-3-10(14)12-6-11-9/h3,6-8H,4-5H2,1-2H3,(H,11,12,14)/t7-,8+. The quantitative estimate of drug-likeness (QED) is 0.726. The Labute approximate surface area is 88.1 Å². The molecule has 0 amide bonds. The molecule has 5 nitrogen and oxygen atoms in total. The van der Waals surface area contributed by atoms with Crippen LogP contribution in [0.3, 0.4) is 0 Å². The summed E-state index contributed by atoms with van der Waals surface area (Å²) < 4.78 is 5.61. The van der Waals surface area contributed by atoms with Gasteiger partial charge in [-0.05, 0) is 13.8 Å². The highest BCUT2D eigenvalue weighted by Gasteiger charge is 2.23. The van der Waals surface area contributed by atoms with Crippen molar-refractivity contribution in [2.24, 2.45) is 0 Å². The van der Waals surface area contributed by atoms with Crippen LogP contribution in [-0.4, -0.2) is 35.3 Å². The molecule has 1 aliphatic heterocycles. The lowest BCUT2D eigenvalue weighted by atomic mass is 10.2. The Hall–Kier alpha value is -1.36. The average Bonchev–Trinajstić information content (AvgIpc) is 2.16. The van der Waals surface area contributed by atoms with Crippen LogP contribution in [0.25, 0.3) is 0 Å². The largest absolute Gasteiger partial charge is 0.372 e. The molecular weight excluding hydrogens is 194 g/mol. The fourth-order valence-corrected chi connectivity index (χ4v) is 1.90. The third-order valence-electron chi connectivity index (χ3n) is 2.41. The van der Waals surface area contributed by atoms with Gasteiger partial charge in [0, 0.05) is 19.2 Å². The van der Waals surface area contributed by atoms with Crippen molar-refractivity contribution < 1.29 is 4.74 Å². The number of morpholine rings is 1. The number of aromatic nitrogens is 2. The van der Waals surface area contributed by atoms with Gasteiger partial charge in [-0.3, -0.25) is 4.79 Å². The Morgan fingerprint density at radius 3 is 2.73 bits per heavy atom. The summed E-state index contributed by atoms with van der Waals surface area (Å²) in [4.78, 5) is 19.9. The highest BCUT2D eigenvalue weighted by atomic mass is 16.5. The lowest BCUT2D eigenvalue weighted by Crippen LogP contribution is -2.46. The highest BCUT2D eigenvalue weighted by Crippen LogP contribution is 2.15. The van der Waals surface area contributed by atoms with E-state index in [-0.39, 0.29) is 17.8 Å². The molecule has 1 N–H and O–H groups in total. The minimum Gasteiger partial charge on any atom is -0.372 e. The van der Waals surface area contributed by atoms with E-state index in [1.807, 2.05) is 13.8 Å². The molecule has 2 heterocycles. The van der Waals surface area contributed by atoms with Gasteiger partial charge in [-0.2, -0.15) is 0 Å². The van der Waals surface area contributed by atoms with Crippen LogP contribution >= 0.6 is 0 Å². The summed E-state index contributed by atoms with van der Waals surface area (Å²) in [6, 6.07) is 1.52. The van der Waals surface area contributed by atoms with E-state index < -0.39 is 0 Å². The Morgan fingerprint density at radius 2 is 2.13 bits per heavy atom. The summed E-state index contributed by atoms with van der Waals surface area (Å²) in [6.45, 7) is 5.60. The Balaban J connectivity index is 2.19. The Bertz CT molecular complexity index is 380. The molecule has 5 heteroatoms. The van der Waals surface area contributed by atoms with E-state index >= 15 is 0 Å². The fraction of sp³-hybridized carbons (Fsp3) is 0.600. The lowest BCUT2D eigenvalue weighted by Gasteiger charge is -2.35. The summed E-state index contributed by atoms with van der Waals surface area (Å²) in [7, 11) is 0. The second-order valence-electron chi connectivity index (χ2n) is 3.93. The molecule has 0 radical (unpaired) electrons. The van der Waals surface area contributed by atoms with Crippen LogP contribution < -0.4 is 10.5 Å². The summed E-state index contributed by atoms with van der Waals surface area (Å²) in [5.74, 6) is 0.723. The van der Waals surface area contributed by atoms with Gasteiger partial charge in [0.25, 0.3) is 5.56 Å². The van der Waals surface area contributed by atoms with Crippen LogP contribution in [0, 0.1) is 0 Å². The smallest absolute Gasteiger partial charge is 0.252 e. The van der Waals surface area contributed by atoms with Gasteiger partial charge in [0.2, 0.25) is 0 Å². The second kappa shape index (κ2) is 4.02. The van der Waals surface area contributed by atoms with Crippen LogP contribution in [0.5, 0.6) is 0 Å². The molecule has 0 spiro atoms. The first-order valence-electron chi connectivity index (χ1n) is 5.10. The van der Waals surface area contributed by atoms with Crippen molar-refractivity contribution in [2.75, 3.05) is 18.0 Å². The van der Waals surface area contributed by atoms with Crippen molar-refractivity contribution in [3.05, 3.63) is 22.7 Å². The summed E-state index contributed by atoms with van der Waals surface area (Å²) in [5, 5.41) is 0. The van der Waals surface area contributed by atoms with Crippen molar-refractivity contribution in [3.8, 4) is 0 Å². The van der Waals surface area contributed by atoms with Crippen LogP contribution in [0.15, 0.2) is 17.2 Å². The van der Waals surface area contributed by atoms with E-state index in [9.17, 15) is 4.79 Å². The van der Waals surface area contributed by atoms with Gasteiger partial charge >= 0.3 is 0 Å². The topological polar surface area (TPSA) is 58.2 Å². The van der Waals surface area contributed by atoms with Crippen molar-refractivity contribution in [3.63, 3.8) is 0 Å². The summed E-state index contributed by atoms with van der Waals surface area (Å²) in [5.41, 5.74) is -0.119. The maximum atomic E-state index is 11.1. The molecule has 1 aromatic rings. The van der Waals surface area contributed by atoms with E-state index in [4.69, 9.17) is 4.74 Å². The van der Waals surface area contributed by atoms with Gasteiger partial charge in [-0.1, -0.05) is 0 Å². The number of nitrogens with zero attached hydrogens (tertiary/aromatic N) is 2. The first-order chi connectivity index (χ1) is 7.15. The number of anilines is 1. The summed E-state index contributed by atoms with van der Waals surface area (Å²) in [6.07, 6.45) is 1.78. The number of hydrogen-bond donors (Lipinski definition) is 1. The number of ether oxygens (including phenoxy) is 1. The molecule has 15 heavy (non-hydrogen) atoms. The second-order valence-corrected chi connectivity index (χ2v) is 3.93. The fourth-order valence-electron chi connectivity index (χ4n) is 1.90. The molecule has 2 atom stereocenters. The number of rotatable bonds is 1. The van der Waals surface area contributed by atoms with E-state index in [0.717, 1.165) is 18.9 Å². The lowest BCUT2D eigenvalue weighted by molar-refractivity contribution is -0.00547. The molecule has 0 aliphatic carbocycles. The van der Waals surface area contributed by atoms with E-state index in [0.29, 0.717) is 0 Å². The molecule has 82 valence electrons. The number of aromatic amines is 1. The van der Waals surface area contributed by atoms with Crippen molar-refractivity contribution >= 4 is 5.82 Å². The third-order valence-corrected chi connectivity index (χ3v) is 2.41. The zero-order chi connectivity index (χ0) is 10.8. The van der Waals surface area contributed by atoms with E-state index in [1.54, 1.807) is 0 Å².